The molecule has 142 valence electrons. The molecule has 0 aliphatic carbocycles. The molecule has 3 rings (SSSR count). The van der Waals surface area contributed by atoms with E-state index < -0.39 is 0 Å². The van der Waals surface area contributed by atoms with Gasteiger partial charge in [-0.2, -0.15) is 0 Å². The SMILES string of the molecule is CCCCn1c(SCc2cccc(OC)c2)nnc1-c1ccc(OC)cc1. The molecule has 0 radical (unpaired) electrons. The summed E-state index contributed by atoms with van der Waals surface area (Å²) in [6, 6.07) is 16.1. The van der Waals surface area contributed by atoms with E-state index in [0.29, 0.717) is 0 Å². The van der Waals surface area contributed by atoms with Crippen molar-refractivity contribution in [2.24, 2.45) is 0 Å². The molecule has 0 N–H and O–H groups in total. The van der Waals surface area contributed by atoms with Crippen LogP contribution < -0.4 is 9.47 Å². The standard InChI is InChI=1S/C21H25N3O2S/c1-4-5-13-24-20(17-9-11-18(25-2)12-10-17)22-23-21(24)27-15-16-7-6-8-19(14-16)26-3/h6-12,14H,4-5,13,15H2,1-3H3. The van der Waals surface area contributed by atoms with E-state index in [9.17, 15) is 0 Å². The molecule has 27 heavy (non-hydrogen) atoms. The number of ether oxygens (including phenoxy) is 2. The van der Waals surface area contributed by atoms with Crippen molar-refractivity contribution in [1.29, 1.82) is 0 Å². The van der Waals surface area contributed by atoms with E-state index in [4.69, 9.17) is 9.47 Å². The van der Waals surface area contributed by atoms with Gasteiger partial charge in [0.05, 0.1) is 14.2 Å². The molecule has 0 spiro atoms. The van der Waals surface area contributed by atoms with Crippen LogP contribution in [0.5, 0.6) is 11.5 Å². The van der Waals surface area contributed by atoms with E-state index in [1.165, 1.54) is 5.56 Å². The van der Waals surface area contributed by atoms with Gasteiger partial charge < -0.3 is 14.0 Å². The number of nitrogens with zero attached hydrogens (tertiary/aromatic N) is 3. The summed E-state index contributed by atoms with van der Waals surface area (Å²) < 4.78 is 12.8. The molecule has 0 saturated carbocycles. The number of hydrogen-bond donors (Lipinski definition) is 0. The largest absolute Gasteiger partial charge is 0.497 e. The van der Waals surface area contributed by atoms with Crippen LogP contribution in [0.2, 0.25) is 0 Å². The fourth-order valence-electron chi connectivity index (χ4n) is 2.78. The monoisotopic (exact) mass is 383 g/mol. The molecule has 0 unspecified atom stereocenters. The Morgan fingerprint density at radius 3 is 2.44 bits per heavy atom. The highest BCUT2D eigenvalue weighted by Gasteiger charge is 2.14. The van der Waals surface area contributed by atoms with Crippen LogP contribution in [0.4, 0.5) is 0 Å². The molecule has 0 amide bonds. The van der Waals surface area contributed by atoms with E-state index in [1.807, 2.05) is 36.4 Å². The van der Waals surface area contributed by atoms with Gasteiger partial charge >= 0.3 is 0 Å². The van der Waals surface area contributed by atoms with Crippen molar-refractivity contribution in [2.45, 2.75) is 37.2 Å². The van der Waals surface area contributed by atoms with Crippen LogP contribution in [-0.4, -0.2) is 29.0 Å². The lowest BCUT2D eigenvalue weighted by atomic mass is 10.2. The van der Waals surface area contributed by atoms with Gasteiger partial charge in [-0.15, -0.1) is 10.2 Å². The van der Waals surface area contributed by atoms with Crippen molar-refractivity contribution >= 4 is 11.8 Å². The maximum absolute atomic E-state index is 5.31. The van der Waals surface area contributed by atoms with Crippen LogP contribution in [0.15, 0.2) is 53.7 Å². The summed E-state index contributed by atoms with van der Waals surface area (Å²) in [5, 5.41) is 9.87. The topological polar surface area (TPSA) is 49.2 Å². The van der Waals surface area contributed by atoms with E-state index in [-0.39, 0.29) is 0 Å². The number of benzene rings is 2. The summed E-state index contributed by atoms with van der Waals surface area (Å²) in [5.41, 5.74) is 2.25. The van der Waals surface area contributed by atoms with Crippen LogP contribution in [0.3, 0.4) is 0 Å². The molecule has 0 fully saturated rings. The minimum atomic E-state index is 0.823. The van der Waals surface area contributed by atoms with E-state index in [1.54, 1.807) is 26.0 Å². The van der Waals surface area contributed by atoms with E-state index in [0.717, 1.165) is 53.2 Å². The zero-order chi connectivity index (χ0) is 19.1. The second-order valence-corrected chi connectivity index (χ2v) is 7.12. The van der Waals surface area contributed by atoms with Crippen LogP contribution in [-0.2, 0) is 12.3 Å². The summed E-state index contributed by atoms with van der Waals surface area (Å²) in [4.78, 5) is 0. The molecule has 6 heteroatoms. The van der Waals surface area contributed by atoms with Crippen molar-refractivity contribution in [1.82, 2.24) is 14.8 Å². The molecule has 0 aliphatic rings. The third-order valence-electron chi connectivity index (χ3n) is 4.30. The number of methoxy groups -OCH3 is 2. The van der Waals surface area contributed by atoms with Gasteiger partial charge in [0.25, 0.3) is 0 Å². The van der Waals surface area contributed by atoms with Gasteiger partial charge in [-0.1, -0.05) is 37.2 Å². The smallest absolute Gasteiger partial charge is 0.191 e. The Bertz CT molecular complexity index is 862. The second-order valence-electron chi connectivity index (χ2n) is 6.18. The lowest BCUT2D eigenvalue weighted by molar-refractivity contribution is 0.414. The van der Waals surface area contributed by atoms with Crippen LogP contribution >= 0.6 is 11.8 Å². The number of hydrogen-bond acceptors (Lipinski definition) is 5. The quantitative estimate of drug-likeness (QED) is 0.484. The molecule has 5 nitrogen and oxygen atoms in total. The Balaban J connectivity index is 1.82. The van der Waals surface area contributed by atoms with Crippen molar-refractivity contribution in [3.8, 4) is 22.9 Å². The van der Waals surface area contributed by atoms with Crippen molar-refractivity contribution in [3.63, 3.8) is 0 Å². The average Bonchev–Trinajstić information content (AvgIpc) is 3.13. The Labute approximate surface area is 164 Å². The summed E-state index contributed by atoms with van der Waals surface area (Å²) >= 11 is 1.70. The van der Waals surface area contributed by atoms with Gasteiger partial charge in [0, 0.05) is 17.9 Å². The van der Waals surface area contributed by atoms with E-state index in [2.05, 4.69) is 33.8 Å². The summed E-state index contributed by atoms with van der Waals surface area (Å²) in [7, 11) is 3.36. The zero-order valence-corrected chi connectivity index (χ0v) is 16.8. The molecule has 0 aliphatic heterocycles. The highest BCUT2D eigenvalue weighted by Crippen LogP contribution is 2.28. The predicted octanol–water partition coefficient (Wildman–Crippen LogP) is 5.05. The summed E-state index contributed by atoms with van der Waals surface area (Å²) in [5.74, 6) is 3.44. The first-order chi connectivity index (χ1) is 13.2. The maximum atomic E-state index is 5.31. The highest BCUT2D eigenvalue weighted by molar-refractivity contribution is 7.98. The number of unbranched alkanes of at least 4 members (excludes halogenated alkanes) is 1. The van der Waals surface area contributed by atoms with Crippen LogP contribution in [0.25, 0.3) is 11.4 Å². The fraction of sp³-hybridized carbons (Fsp3) is 0.333. The van der Waals surface area contributed by atoms with Gasteiger partial charge in [-0.05, 0) is 48.4 Å². The third-order valence-corrected chi connectivity index (χ3v) is 5.34. The van der Waals surface area contributed by atoms with Gasteiger partial charge in [0.15, 0.2) is 11.0 Å². The first kappa shape index (κ1) is 19.3. The Morgan fingerprint density at radius 2 is 1.74 bits per heavy atom. The zero-order valence-electron chi connectivity index (χ0n) is 16.0. The second kappa shape index (κ2) is 9.46. The molecule has 1 aromatic heterocycles. The Hall–Kier alpha value is -2.47. The minimum Gasteiger partial charge on any atom is -0.497 e. The molecule has 0 bridgehead atoms. The first-order valence-corrected chi connectivity index (χ1v) is 10.1. The van der Waals surface area contributed by atoms with Crippen LogP contribution in [0, 0.1) is 0 Å². The third kappa shape index (κ3) is 4.83. The molecular weight excluding hydrogens is 358 g/mol. The Kier molecular flexibility index (Phi) is 6.76. The summed E-state index contributed by atoms with van der Waals surface area (Å²) in [6.07, 6.45) is 2.22. The van der Waals surface area contributed by atoms with Crippen molar-refractivity contribution < 1.29 is 9.47 Å². The molecule has 2 aromatic carbocycles. The number of thioether (sulfide) groups is 1. The van der Waals surface area contributed by atoms with Gasteiger partial charge in [-0.25, -0.2) is 0 Å². The predicted molar refractivity (Wildman–Crippen MR) is 109 cm³/mol. The lowest BCUT2D eigenvalue weighted by Gasteiger charge is -2.10. The molecule has 3 aromatic rings. The Morgan fingerprint density at radius 1 is 0.963 bits per heavy atom. The van der Waals surface area contributed by atoms with Gasteiger partial charge in [-0.3, -0.25) is 0 Å². The fourth-order valence-corrected chi connectivity index (χ4v) is 3.68. The highest BCUT2D eigenvalue weighted by atomic mass is 32.2. The normalized spacial score (nSPS) is 10.8. The van der Waals surface area contributed by atoms with Gasteiger partial charge in [0.2, 0.25) is 0 Å². The minimum absolute atomic E-state index is 0.823. The maximum Gasteiger partial charge on any atom is 0.191 e. The number of aromatic nitrogens is 3. The van der Waals surface area contributed by atoms with E-state index >= 15 is 0 Å². The molecule has 1 heterocycles. The molecule has 0 atom stereocenters. The van der Waals surface area contributed by atoms with Crippen LogP contribution in [0.1, 0.15) is 25.3 Å². The molecule has 0 saturated heterocycles. The number of rotatable bonds is 9. The first-order valence-electron chi connectivity index (χ1n) is 9.08. The van der Waals surface area contributed by atoms with Crippen molar-refractivity contribution in [3.05, 3.63) is 54.1 Å². The lowest BCUT2D eigenvalue weighted by Crippen LogP contribution is -2.02. The van der Waals surface area contributed by atoms with Crippen molar-refractivity contribution in [2.75, 3.05) is 14.2 Å². The molecular formula is C21H25N3O2S. The average molecular weight is 384 g/mol. The summed E-state index contributed by atoms with van der Waals surface area (Å²) in [6.45, 7) is 3.10. The van der Waals surface area contributed by atoms with Gasteiger partial charge in [0.1, 0.15) is 11.5 Å².